The van der Waals surface area contributed by atoms with E-state index in [-0.39, 0.29) is 5.91 Å². The molecule has 10 heavy (non-hydrogen) atoms. The molecule has 1 aliphatic rings. The van der Waals surface area contributed by atoms with Gasteiger partial charge in [-0.25, -0.2) is 10.0 Å². The third-order valence-electron chi connectivity index (χ3n) is 1.58. The van der Waals surface area contributed by atoms with Crippen LogP contribution in [0.3, 0.4) is 0 Å². The summed E-state index contributed by atoms with van der Waals surface area (Å²) in [5.74, 6) is 0.111. The molecule has 0 spiro atoms. The van der Waals surface area contributed by atoms with Crippen LogP contribution >= 0.6 is 0 Å². The molecule has 0 aromatic rings. The first-order chi connectivity index (χ1) is 4.70. The highest BCUT2D eigenvalue weighted by Gasteiger charge is 2.16. The van der Waals surface area contributed by atoms with Gasteiger partial charge in [0.15, 0.2) is 0 Å². The standard InChI is InChI=1S/C6H13N3O/c1-8(2)9-4-3-7-6(10)5-9/h3-5H2,1-2H3,(H,7,10). The van der Waals surface area contributed by atoms with Gasteiger partial charge >= 0.3 is 0 Å². The number of hydrogen-bond donors (Lipinski definition) is 1. The molecule has 0 aliphatic carbocycles. The van der Waals surface area contributed by atoms with Gasteiger partial charge in [-0.2, -0.15) is 0 Å². The zero-order valence-corrected chi connectivity index (χ0v) is 6.42. The van der Waals surface area contributed by atoms with E-state index in [4.69, 9.17) is 0 Å². The highest BCUT2D eigenvalue weighted by atomic mass is 16.2. The molecule has 0 unspecified atom stereocenters. The molecule has 1 heterocycles. The van der Waals surface area contributed by atoms with Gasteiger partial charge in [-0.3, -0.25) is 4.79 Å². The van der Waals surface area contributed by atoms with Crippen molar-refractivity contribution in [1.82, 2.24) is 15.3 Å². The topological polar surface area (TPSA) is 35.6 Å². The molecule has 4 nitrogen and oxygen atoms in total. The molecule has 1 saturated heterocycles. The Kier molecular flexibility index (Phi) is 2.24. The van der Waals surface area contributed by atoms with Crippen LogP contribution in [0.5, 0.6) is 0 Å². The molecular formula is C6H13N3O. The number of carbonyl (C=O) groups excluding carboxylic acids is 1. The number of nitrogens with one attached hydrogen (secondary N) is 1. The van der Waals surface area contributed by atoms with E-state index in [1.165, 1.54) is 0 Å². The second-order valence-electron chi connectivity index (χ2n) is 2.59. The first kappa shape index (κ1) is 7.50. The van der Waals surface area contributed by atoms with Crippen molar-refractivity contribution in [2.24, 2.45) is 0 Å². The number of rotatable bonds is 1. The minimum absolute atomic E-state index is 0.111. The minimum atomic E-state index is 0.111. The predicted octanol–water partition coefficient (Wildman–Crippen LogP) is -1.11. The Morgan fingerprint density at radius 3 is 2.70 bits per heavy atom. The van der Waals surface area contributed by atoms with Gasteiger partial charge in [-0.1, -0.05) is 0 Å². The normalized spacial score (nSPS) is 21.3. The Morgan fingerprint density at radius 2 is 2.30 bits per heavy atom. The number of piperazine rings is 1. The number of hydrogen-bond acceptors (Lipinski definition) is 3. The van der Waals surface area contributed by atoms with Gasteiger partial charge in [0.05, 0.1) is 6.54 Å². The number of nitrogens with zero attached hydrogens (tertiary/aromatic N) is 2. The molecule has 4 heteroatoms. The molecule has 0 bridgehead atoms. The van der Waals surface area contributed by atoms with Crippen molar-refractivity contribution >= 4 is 5.91 Å². The Labute approximate surface area is 60.8 Å². The summed E-state index contributed by atoms with van der Waals surface area (Å²) in [7, 11) is 3.89. The van der Waals surface area contributed by atoms with Crippen molar-refractivity contribution in [1.29, 1.82) is 0 Å². The molecule has 0 radical (unpaired) electrons. The molecule has 1 aliphatic heterocycles. The van der Waals surface area contributed by atoms with Crippen LogP contribution in [0.4, 0.5) is 0 Å². The number of amides is 1. The van der Waals surface area contributed by atoms with Crippen molar-refractivity contribution in [2.75, 3.05) is 33.7 Å². The van der Waals surface area contributed by atoms with Crippen LogP contribution in [0.15, 0.2) is 0 Å². The van der Waals surface area contributed by atoms with Crippen molar-refractivity contribution in [3.63, 3.8) is 0 Å². The van der Waals surface area contributed by atoms with Gasteiger partial charge in [-0.05, 0) is 0 Å². The molecule has 1 fully saturated rings. The van der Waals surface area contributed by atoms with Gasteiger partial charge in [0.2, 0.25) is 5.91 Å². The molecule has 1 rings (SSSR count). The van der Waals surface area contributed by atoms with Crippen LogP contribution < -0.4 is 5.32 Å². The quantitative estimate of drug-likeness (QED) is 0.506. The van der Waals surface area contributed by atoms with E-state index in [9.17, 15) is 4.79 Å². The average molecular weight is 143 g/mol. The summed E-state index contributed by atoms with van der Waals surface area (Å²) >= 11 is 0. The second-order valence-corrected chi connectivity index (χ2v) is 2.59. The summed E-state index contributed by atoms with van der Waals surface area (Å²) in [5, 5.41) is 6.70. The smallest absolute Gasteiger partial charge is 0.235 e. The van der Waals surface area contributed by atoms with Crippen molar-refractivity contribution < 1.29 is 4.79 Å². The van der Waals surface area contributed by atoms with E-state index >= 15 is 0 Å². The van der Waals surface area contributed by atoms with E-state index in [2.05, 4.69) is 5.32 Å². The van der Waals surface area contributed by atoms with Crippen LogP contribution in [-0.2, 0) is 4.79 Å². The fraction of sp³-hybridized carbons (Fsp3) is 0.833. The fourth-order valence-corrected chi connectivity index (χ4v) is 0.967. The van der Waals surface area contributed by atoms with Gasteiger partial charge in [0.1, 0.15) is 0 Å². The predicted molar refractivity (Wildman–Crippen MR) is 38.3 cm³/mol. The van der Waals surface area contributed by atoms with Crippen molar-refractivity contribution in [3.8, 4) is 0 Å². The maximum atomic E-state index is 10.8. The van der Waals surface area contributed by atoms with E-state index in [1.54, 1.807) is 0 Å². The maximum Gasteiger partial charge on any atom is 0.235 e. The summed E-state index contributed by atoms with van der Waals surface area (Å²) in [6.07, 6.45) is 0. The largest absolute Gasteiger partial charge is 0.354 e. The van der Waals surface area contributed by atoms with Gasteiger partial charge in [-0.15, -0.1) is 0 Å². The molecule has 0 aromatic heterocycles. The average Bonchev–Trinajstić information content (AvgIpc) is 1.88. The fourth-order valence-electron chi connectivity index (χ4n) is 0.967. The SMILES string of the molecule is CN(C)N1CCNC(=O)C1. The molecule has 0 aromatic carbocycles. The van der Waals surface area contributed by atoms with Crippen LogP contribution in [-0.4, -0.2) is 49.7 Å². The lowest BCUT2D eigenvalue weighted by Gasteiger charge is -2.31. The Hall–Kier alpha value is -0.610. The highest BCUT2D eigenvalue weighted by molar-refractivity contribution is 5.78. The summed E-state index contributed by atoms with van der Waals surface area (Å²) < 4.78 is 0. The lowest BCUT2D eigenvalue weighted by atomic mass is 10.4. The third-order valence-corrected chi connectivity index (χ3v) is 1.58. The van der Waals surface area contributed by atoms with Gasteiger partial charge < -0.3 is 5.32 Å². The molecular weight excluding hydrogens is 130 g/mol. The summed E-state index contributed by atoms with van der Waals surface area (Å²) in [6.45, 7) is 2.17. The monoisotopic (exact) mass is 143 g/mol. The minimum Gasteiger partial charge on any atom is -0.354 e. The lowest BCUT2D eigenvalue weighted by molar-refractivity contribution is -0.129. The molecule has 0 atom stereocenters. The van der Waals surface area contributed by atoms with E-state index < -0.39 is 0 Å². The molecule has 58 valence electrons. The molecule has 1 N–H and O–H groups in total. The van der Waals surface area contributed by atoms with Gasteiger partial charge in [0.25, 0.3) is 0 Å². The van der Waals surface area contributed by atoms with E-state index in [0.29, 0.717) is 6.54 Å². The van der Waals surface area contributed by atoms with Crippen LogP contribution in [0.1, 0.15) is 0 Å². The maximum absolute atomic E-state index is 10.8. The summed E-state index contributed by atoms with van der Waals surface area (Å²) in [4.78, 5) is 10.8. The lowest BCUT2D eigenvalue weighted by Crippen LogP contribution is -2.52. The zero-order chi connectivity index (χ0) is 7.56. The van der Waals surface area contributed by atoms with Crippen LogP contribution in [0.25, 0.3) is 0 Å². The Bertz CT molecular complexity index is 135. The van der Waals surface area contributed by atoms with Crippen LogP contribution in [0.2, 0.25) is 0 Å². The van der Waals surface area contributed by atoms with Crippen LogP contribution in [0, 0.1) is 0 Å². The number of carbonyl (C=O) groups is 1. The first-order valence-electron chi connectivity index (χ1n) is 3.39. The Balaban J connectivity index is 2.39. The second kappa shape index (κ2) is 2.98. The Morgan fingerprint density at radius 1 is 1.60 bits per heavy atom. The molecule has 1 amide bonds. The number of hydrazine groups is 1. The summed E-state index contributed by atoms with van der Waals surface area (Å²) in [6, 6.07) is 0. The van der Waals surface area contributed by atoms with Crippen molar-refractivity contribution in [3.05, 3.63) is 0 Å². The van der Waals surface area contributed by atoms with E-state index in [1.807, 2.05) is 24.1 Å². The highest BCUT2D eigenvalue weighted by Crippen LogP contribution is 1.93. The first-order valence-corrected chi connectivity index (χ1v) is 3.39. The third kappa shape index (κ3) is 1.68. The van der Waals surface area contributed by atoms with Gasteiger partial charge in [0, 0.05) is 27.2 Å². The van der Waals surface area contributed by atoms with E-state index in [0.717, 1.165) is 13.1 Å². The van der Waals surface area contributed by atoms with Crippen molar-refractivity contribution in [2.45, 2.75) is 0 Å². The summed E-state index contributed by atoms with van der Waals surface area (Å²) in [5.41, 5.74) is 0. The molecule has 0 saturated carbocycles. The zero-order valence-electron chi connectivity index (χ0n) is 6.42.